The molecule has 6 rings (SSSR count). The van der Waals surface area contributed by atoms with Crippen LogP contribution in [0.2, 0.25) is 0 Å². The number of fused-ring (bicyclic) bond motifs is 1. The van der Waals surface area contributed by atoms with Crippen molar-refractivity contribution in [1.29, 1.82) is 5.26 Å². The SMILES string of the molecule is CC(OC(=O)Nc1ccc(-c2c(C#N)c3ccc(OCCCc4ncn[nH]4)cc3n2C2CCC2)cc1)C1CC1. The molecule has 200 valence electrons. The number of hydrogen-bond acceptors (Lipinski definition) is 6. The highest BCUT2D eigenvalue weighted by Gasteiger charge is 2.31. The highest BCUT2D eigenvalue weighted by atomic mass is 16.6. The van der Waals surface area contributed by atoms with Crippen molar-refractivity contribution in [2.75, 3.05) is 11.9 Å². The van der Waals surface area contributed by atoms with Crippen LogP contribution in [0.5, 0.6) is 5.75 Å². The van der Waals surface area contributed by atoms with E-state index < -0.39 is 6.09 Å². The zero-order chi connectivity index (χ0) is 26.8. The summed E-state index contributed by atoms with van der Waals surface area (Å²) in [5, 5.41) is 20.7. The van der Waals surface area contributed by atoms with Gasteiger partial charge in [0.25, 0.3) is 0 Å². The average molecular weight is 525 g/mol. The second-order valence-electron chi connectivity index (χ2n) is 10.5. The number of hydrogen-bond donors (Lipinski definition) is 2. The molecule has 39 heavy (non-hydrogen) atoms. The lowest BCUT2D eigenvalue weighted by atomic mass is 9.92. The number of carbonyl (C=O) groups is 1. The second kappa shape index (κ2) is 10.8. The van der Waals surface area contributed by atoms with Gasteiger partial charge in [-0.1, -0.05) is 12.1 Å². The molecule has 2 aromatic carbocycles. The van der Waals surface area contributed by atoms with E-state index in [1.54, 1.807) is 0 Å². The summed E-state index contributed by atoms with van der Waals surface area (Å²) >= 11 is 0. The Kier molecular flexibility index (Phi) is 6.93. The Morgan fingerprint density at radius 2 is 2.03 bits per heavy atom. The van der Waals surface area contributed by atoms with E-state index in [0.29, 0.717) is 29.8 Å². The molecule has 0 bridgehead atoms. The fraction of sp³-hybridized carbons (Fsp3) is 0.400. The Labute approximate surface area is 227 Å². The van der Waals surface area contributed by atoms with Crippen molar-refractivity contribution in [2.45, 2.75) is 64.0 Å². The number of H-pyrrole nitrogens is 1. The molecule has 9 heteroatoms. The van der Waals surface area contributed by atoms with E-state index in [9.17, 15) is 10.1 Å². The van der Waals surface area contributed by atoms with Gasteiger partial charge in [0.2, 0.25) is 0 Å². The Hall–Kier alpha value is -4.32. The van der Waals surface area contributed by atoms with Gasteiger partial charge in [0.15, 0.2) is 0 Å². The van der Waals surface area contributed by atoms with Crippen molar-refractivity contribution in [1.82, 2.24) is 19.7 Å². The third-order valence-corrected chi connectivity index (χ3v) is 7.80. The van der Waals surface area contributed by atoms with Gasteiger partial charge in [0, 0.05) is 29.6 Å². The van der Waals surface area contributed by atoms with Crippen LogP contribution in [-0.2, 0) is 11.2 Å². The van der Waals surface area contributed by atoms with Gasteiger partial charge in [-0.25, -0.2) is 9.78 Å². The number of aromatic nitrogens is 4. The van der Waals surface area contributed by atoms with Crippen LogP contribution in [0.25, 0.3) is 22.2 Å². The van der Waals surface area contributed by atoms with Gasteiger partial charge in [-0.3, -0.25) is 10.4 Å². The summed E-state index contributed by atoms with van der Waals surface area (Å²) in [7, 11) is 0. The summed E-state index contributed by atoms with van der Waals surface area (Å²) in [6.45, 7) is 2.50. The molecule has 0 saturated heterocycles. The topological polar surface area (TPSA) is 118 Å². The summed E-state index contributed by atoms with van der Waals surface area (Å²) < 4.78 is 13.9. The third kappa shape index (κ3) is 5.32. The van der Waals surface area contributed by atoms with Crippen molar-refractivity contribution in [3.8, 4) is 23.1 Å². The summed E-state index contributed by atoms with van der Waals surface area (Å²) in [6, 6.07) is 16.4. The van der Waals surface area contributed by atoms with Crippen molar-refractivity contribution >= 4 is 22.7 Å². The van der Waals surface area contributed by atoms with E-state index in [1.807, 2.05) is 43.3 Å². The average Bonchev–Trinajstić information content (AvgIpc) is 3.55. The van der Waals surface area contributed by atoms with Crippen LogP contribution < -0.4 is 10.1 Å². The molecule has 0 radical (unpaired) electrons. The number of benzene rings is 2. The van der Waals surface area contributed by atoms with Gasteiger partial charge >= 0.3 is 6.09 Å². The lowest BCUT2D eigenvalue weighted by Crippen LogP contribution is -2.21. The van der Waals surface area contributed by atoms with Crippen molar-refractivity contribution < 1.29 is 14.3 Å². The minimum atomic E-state index is -0.434. The normalized spacial score (nSPS) is 15.9. The lowest BCUT2D eigenvalue weighted by molar-refractivity contribution is 0.108. The van der Waals surface area contributed by atoms with E-state index in [1.165, 1.54) is 12.7 Å². The molecule has 0 aliphatic heterocycles. The number of rotatable bonds is 10. The molecule has 2 aliphatic carbocycles. The first-order chi connectivity index (χ1) is 19.1. The zero-order valence-corrected chi connectivity index (χ0v) is 22.0. The number of aromatic amines is 1. The van der Waals surface area contributed by atoms with E-state index in [2.05, 4.69) is 37.2 Å². The fourth-order valence-electron chi connectivity index (χ4n) is 5.27. The summed E-state index contributed by atoms with van der Waals surface area (Å²) in [5.41, 5.74) is 4.19. The molecular weight excluding hydrogens is 492 g/mol. The van der Waals surface area contributed by atoms with Gasteiger partial charge in [-0.15, -0.1) is 0 Å². The molecular formula is C30H32N6O3. The van der Waals surface area contributed by atoms with Crippen LogP contribution in [0.3, 0.4) is 0 Å². The summed E-state index contributed by atoms with van der Waals surface area (Å²) in [6.07, 6.45) is 8.17. The van der Waals surface area contributed by atoms with E-state index >= 15 is 0 Å². The Morgan fingerprint density at radius 3 is 2.69 bits per heavy atom. The zero-order valence-electron chi connectivity index (χ0n) is 22.0. The maximum absolute atomic E-state index is 12.3. The summed E-state index contributed by atoms with van der Waals surface area (Å²) in [5.74, 6) is 2.12. The smallest absolute Gasteiger partial charge is 0.411 e. The van der Waals surface area contributed by atoms with Crippen LogP contribution in [0.1, 0.15) is 62.9 Å². The van der Waals surface area contributed by atoms with Gasteiger partial charge in [-0.05, 0) is 81.2 Å². The number of nitrogens with one attached hydrogen (secondary N) is 2. The molecule has 2 heterocycles. The quantitative estimate of drug-likeness (QED) is 0.232. The summed E-state index contributed by atoms with van der Waals surface area (Å²) in [4.78, 5) is 16.5. The Morgan fingerprint density at radius 1 is 1.21 bits per heavy atom. The first-order valence-electron chi connectivity index (χ1n) is 13.7. The van der Waals surface area contributed by atoms with Crippen LogP contribution in [-0.4, -0.2) is 38.6 Å². The first-order valence-corrected chi connectivity index (χ1v) is 13.7. The van der Waals surface area contributed by atoms with Crippen LogP contribution in [0.15, 0.2) is 48.8 Å². The molecule has 9 nitrogen and oxygen atoms in total. The number of amides is 1. The van der Waals surface area contributed by atoms with Gasteiger partial charge < -0.3 is 14.0 Å². The molecule has 2 fully saturated rings. The highest BCUT2D eigenvalue weighted by molar-refractivity contribution is 5.96. The maximum Gasteiger partial charge on any atom is 0.411 e. The van der Waals surface area contributed by atoms with Crippen LogP contribution in [0.4, 0.5) is 10.5 Å². The molecule has 0 spiro atoms. The maximum atomic E-state index is 12.3. The molecule has 4 aromatic rings. The molecule has 2 aliphatic rings. The fourth-order valence-corrected chi connectivity index (χ4v) is 5.27. The van der Waals surface area contributed by atoms with Crippen LogP contribution in [0, 0.1) is 17.2 Å². The van der Waals surface area contributed by atoms with Crippen molar-refractivity contribution in [3.05, 3.63) is 60.2 Å². The highest BCUT2D eigenvalue weighted by Crippen LogP contribution is 2.43. The number of nitriles is 1. The van der Waals surface area contributed by atoms with E-state index in [-0.39, 0.29) is 6.10 Å². The number of nitrogens with zero attached hydrogens (tertiary/aromatic N) is 4. The standard InChI is InChI=1S/C30H32N6O3/c1-19(20-7-8-20)39-30(37)34-22-11-9-21(10-12-22)29-26(17-31)25-14-13-24(16-27(25)36(29)23-4-2-5-23)38-15-3-6-28-32-18-33-35-28/h9-14,16,18-20,23H,2-8,15H2,1H3,(H,34,37)(H,32,33,35). The molecule has 1 atom stereocenters. The van der Waals surface area contributed by atoms with E-state index in [0.717, 1.165) is 72.3 Å². The predicted octanol–water partition coefficient (Wildman–Crippen LogP) is 6.38. The monoisotopic (exact) mass is 524 g/mol. The van der Waals surface area contributed by atoms with Gasteiger partial charge in [-0.2, -0.15) is 10.4 Å². The lowest BCUT2D eigenvalue weighted by Gasteiger charge is -2.30. The van der Waals surface area contributed by atoms with E-state index in [4.69, 9.17) is 9.47 Å². The first kappa shape index (κ1) is 25.0. The second-order valence-corrected chi connectivity index (χ2v) is 10.5. The van der Waals surface area contributed by atoms with Crippen LogP contribution >= 0.6 is 0 Å². The number of ether oxygens (including phenoxy) is 2. The molecule has 2 N–H and O–H groups in total. The minimum Gasteiger partial charge on any atom is -0.494 e. The third-order valence-electron chi connectivity index (χ3n) is 7.80. The Balaban J connectivity index is 1.24. The molecule has 1 unspecified atom stereocenters. The molecule has 2 aromatic heterocycles. The van der Waals surface area contributed by atoms with Gasteiger partial charge in [0.05, 0.1) is 23.4 Å². The molecule has 2 saturated carbocycles. The Bertz CT molecular complexity index is 1490. The molecule has 1 amide bonds. The largest absolute Gasteiger partial charge is 0.494 e. The number of carbonyl (C=O) groups excluding carboxylic acids is 1. The number of aryl methyl sites for hydroxylation is 1. The van der Waals surface area contributed by atoms with Crippen molar-refractivity contribution in [2.24, 2.45) is 5.92 Å². The predicted molar refractivity (Wildman–Crippen MR) is 147 cm³/mol. The van der Waals surface area contributed by atoms with Crippen molar-refractivity contribution in [3.63, 3.8) is 0 Å². The van der Waals surface area contributed by atoms with Gasteiger partial charge in [0.1, 0.15) is 30.1 Å². The minimum absolute atomic E-state index is 0.0668. The number of anilines is 1.